The molecule has 1 spiro atoms. The van der Waals surface area contributed by atoms with Crippen molar-refractivity contribution < 1.29 is 27.5 Å². The fourth-order valence-corrected chi connectivity index (χ4v) is 9.47. The van der Waals surface area contributed by atoms with Crippen LogP contribution in [0.5, 0.6) is 5.75 Å². The first-order chi connectivity index (χ1) is 22.0. The summed E-state index contributed by atoms with van der Waals surface area (Å²) in [4.78, 5) is 28.5. The standard InChI is InChI=1S/C36H45ClN2O6S/c1-4-44-34(40)19-25-8-5-7-23(2)24(3)46(42,43)38-35(41)27-11-15-33-32(18-27)39(20-28-10-13-30(25)28)21-36(22-45-33)16-6-9-26-17-29(37)12-14-31(26)36/h11-12,14-15,17-19,23-24,28,30H,4-10,13,16,20-22H2,1-3H3,(H,38,41)/b25-19-/t23-,24+,28-,30-,36-/m0/s1. The lowest BCUT2D eigenvalue weighted by Gasteiger charge is -2.45. The first kappa shape index (κ1) is 32.9. The Labute approximate surface area is 277 Å². The summed E-state index contributed by atoms with van der Waals surface area (Å²) in [5.41, 5.74) is 4.38. The molecule has 1 saturated carbocycles. The van der Waals surface area contributed by atoms with E-state index in [4.69, 9.17) is 21.1 Å². The fraction of sp³-hybridized carbons (Fsp3) is 0.556. The Balaban J connectivity index is 1.43. The Morgan fingerprint density at radius 2 is 1.96 bits per heavy atom. The van der Waals surface area contributed by atoms with Crippen LogP contribution in [0.25, 0.3) is 0 Å². The highest BCUT2D eigenvalue weighted by atomic mass is 35.5. The molecule has 248 valence electrons. The van der Waals surface area contributed by atoms with E-state index in [0.29, 0.717) is 44.3 Å². The van der Waals surface area contributed by atoms with E-state index in [1.54, 1.807) is 31.2 Å². The quantitative estimate of drug-likeness (QED) is 0.284. The summed E-state index contributed by atoms with van der Waals surface area (Å²) in [7, 11) is -3.93. The zero-order chi connectivity index (χ0) is 32.6. The number of esters is 1. The summed E-state index contributed by atoms with van der Waals surface area (Å²) in [5, 5.41) is -0.0372. The number of nitrogens with one attached hydrogen (secondary N) is 1. The molecule has 5 atom stereocenters. The lowest BCUT2D eigenvalue weighted by atomic mass is 9.67. The van der Waals surface area contributed by atoms with Gasteiger partial charge in [0.2, 0.25) is 10.0 Å². The molecule has 2 aromatic carbocycles. The molecular weight excluding hydrogens is 624 g/mol. The molecule has 2 aromatic rings. The molecule has 0 radical (unpaired) electrons. The summed E-state index contributed by atoms with van der Waals surface area (Å²) in [6, 6.07) is 11.4. The molecule has 0 unspecified atom stereocenters. The van der Waals surface area contributed by atoms with Gasteiger partial charge in [-0.25, -0.2) is 17.9 Å². The van der Waals surface area contributed by atoms with Gasteiger partial charge in [-0.1, -0.05) is 30.2 Å². The summed E-state index contributed by atoms with van der Waals surface area (Å²) >= 11 is 6.42. The lowest BCUT2D eigenvalue weighted by Crippen LogP contribution is -2.48. The highest BCUT2D eigenvalue weighted by Crippen LogP contribution is 2.48. The summed E-state index contributed by atoms with van der Waals surface area (Å²) in [5.74, 6) is 0.0733. The average molecular weight is 669 g/mol. The number of nitrogens with zero attached hydrogens (tertiary/aromatic N) is 1. The number of aryl methyl sites for hydroxylation is 1. The number of ether oxygens (including phenoxy) is 2. The number of hydrogen-bond acceptors (Lipinski definition) is 7. The molecule has 1 amide bonds. The van der Waals surface area contributed by atoms with Crippen LogP contribution in [-0.4, -0.2) is 51.8 Å². The van der Waals surface area contributed by atoms with E-state index >= 15 is 0 Å². The number of allylic oxidation sites excluding steroid dienone is 1. The largest absolute Gasteiger partial charge is 0.490 e. The van der Waals surface area contributed by atoms with Crippen molar-refractivity contribution in [3.05, 3.63) is 69.8 Å². The first-order valence-electron chi connectivity index (χ1n) is 16.7. The van der Waals surface area contributed by atoms with E-state index in [9.17, 15) is 18.0 Å². The molecule has 10 heteroatoms. The van der Waals surface area contributed by atoms with E-state index in [2.05, 4.69) is 21.8 Å². The highest BCUT2D eigenvalue weighted by Gasteiger charge is 2.44. The van der Waals surface area contributed by atoms with E-state index in [1.165, 1.54) is 11.1 Å². The molecule has 0 aromatic heterocycles. The van der Waals surface area contributed by atoms with Crippen LogP contribution in [0, 0.1) is 17.8 Å². The first-order valence-corrected chi connectivity index (χ1v) is 18.7. The van der Waals surface area contributed by atoms with Gasteiger partial charge in [-0.05, 0) is 124 Å². The van der Waals surface area contributed by atoms with Gasteiger partial charge in [-0.15, -0.1) is 0 Å². The van der Waals surface area contributed by atoms with Crippen LogP contribution in [0.2, 0.25) is 5.02 Å². The number of carbonyl (C=O) groups is 2. The molecule has 6 rings (SSSR count). The summed E-state index contributed by atoms with van der Waals surface area (Å²) in [6.07, 6.45) is 8.74. The number of hydrogen-bond donors (Lipinski definition) is 1. The number of halogens is 1. The van der Waals surface area contributed by atoms with Crippen LogP contribution in [0.15, 0.2) is 48.0 Å². The molecule has 0 saturated heterocycles. The Hall–Kier alpha value is -3.04. The van der Waals surface area contributed by atoms with Crippen LogP contribution in [0.3, 0.4) is 0 Å². The van der Waals surface area contributed by atoms with Crippen LogP contribution in [0.1, 0.15) is 87.2 Å². The van der Waals surface area contributed by atoms with Crippen molar-refractivity contribution in [3.8, 4) is 5.75 Å². The predicted molar refractivity (Wildman–Crippen MR) is 180 cm³/mol. The zero-order valence-electron chi connectivity index (χ0n) is 27.0. The van der Waals surface area contributed by atoms with Gasteiger partial charge in [-0.2, -0.15) is 0 Å². The van der Waals surface area contributed by atoms with Gasteiger partial charge in [0.15, 0.2) is 0 Å². The summed E-state index contributed by atoms with van der Waals surface area (Å²) in [6.45, 7) is 7.59. The number of amides is 1. The number of benzene rings is 2. The normalized spacial score (nSPS) is 30.2. The Kier molecular flexibility index (Phi) is 9.45. The monoisotopic (exact) mass is 668 g/mol. The second-order valence-corrected chi connectivity index (χ2v) is 16.2. The second kappa shape index (κ2) is 13.2. The van der Waals surface area contributed by atoms with Gasteiger partial charge in [-0.3, -0.25) is 4.79 Å². The second-order valence-electron chi connectivity index (χ2n) is 13.8. The minimum Gasteiger partial charge on any atom is -0.490 e. The van der Waals surface area contributed by atoms with E-state index in [1.807, 2.05) is 19.9 Å². The third-order valence-electron chi connectivity index (χ3n) is 10.9. The van der Waals surface area contributed by atoms with Gasteiger partial charge in [0.25, 0.3) is 5.91 Å². The molecule has 2 bridgehead atoms. The van der Waals surface area contributed by atoms with Gasteiger partial charge >= 0.3 is 5.97 Å². The average Bonchev–Trinajstić information content (AvgIpc) is 3.15. The van der Waals surface area contributed by atoms with Crippen LogP contribution in [0.4, 0.5) is 5.69 Å². The molecular formula is C36H45ClN2O6S. The number of fused-ring (bicyclic) bond motifs is 4. The maximum Gasteiger partial charge on any atom is 0.330 e. The van der Waals surface area contributed by atoms with Crippen molar-refractivity contribution in [1.29, 1.82) is 0 Å². The minimum absolute atomic E-state index is 0.181. The van der Waals surface area contributed by atoms with E-state index in [-0.39, 0.29) is 28.8 Å². The molecule has 2 aliphatic carbocycles. The molecule has 2 heterocycles. The molecule has 2 aliphatic heterocycles. The van der Waals surface area contributed by atoms with Gasteiger partial charge in [0, 0.05) is 35.2 Å². The van der Waals surface area contributed by atoms with Crippen LogP contribution >= 0.6 is 11.6 Å². The zero-order valence-corrected chi connectivity index (χ0v) is 28.6. The third kappa shape index (κ3) is 6.55. The lowest BCUT2D eigenvalue weighted by molar-refractivity contribution is -0.137. The van der Waals surface area contributed by atoms with Gasteiger partial charge in [0.05, 0.1) is 24.2 Å². The van der Waals surface area contributed by atoms with Gasteiger partial charge < -0.3 is 14.4 Å². The van der Waals surface area contributed by atoms with Crippen molar-refractivity contribution in [3.63, 3.8) is 0 Å². The van der Waals surface area contributed by atoms with E-state index < -0.39 is 21.2 Å². The van der Waals surface area contributed by atoms with Crippen LogP contribution in [-0.2, 0) is 31.4 Å². The number of sulfonamides is 1. The fourth-order valence-electron chi connectivity index (χ4n) is 7.96. The van der Waals surface area contributed by atoms with Crippen molar-refractivity contribution in [2.24, 2.45) is 17.8 Å². The SMILES string of the molecule is CCOC(=O)/C=C1/CCC[C@H](C)[C@@H](C)S(=O)(=O)NC(=O)c2ccc3c(c2)N(C[C@@H]2CC[C@@H]12)C[C@@]1(CCCc2cc(Cl)ccc21)CO3. The van der Waals surface area contributed by atoms with E-state index in [0.717, 1.165) is 61.4 Å². The van der Waals surface area contributed by atoms with Crippen molar-refractivity contribution in [2.75, 3.05) is 31.2 Å². The topological polar surface area (TPSA) is 102 Å². The molecule has 8 nitrogen and oxygen atoms in total. The minimum atomic E-state index is -3.93. The molecule has 4 aliphatic rings. The van der Waals surface area contributed by atoms with Crippen molar-refractivity contribution in [1.82, 2.24) is 4.72 Å². The number of carbonyl (C=O) groups excluding carboxylic acids is 2. The number of rotatable bonds is 2. The summed E-state index contributed by atoms with van der Waals surface area (Å²) < 4.78 is 41.0. The highest BCUT2D eigenvalue weighted by molar-refractivity contribution is 7.90. The predicted octanol–water partition coefficient (Wildman–Crippen LogP) is 6.60. The maximum absolute atomic E-state index is 13.5. The molecule has 1 fully saturated rings. The van der Waals surface area contributed by atoms with Crippen molar-refractivity contribution >= 4 is 39.2 Å². The molecule has 46 heavy (non-hydrogen) atoms. The van der Waals surface area contributed by atoms with Crippen molar-refractivity contribution in [2.45, 2.75) is 82.8 Å². The smallest absolute Gasteiger partial charge is 0.330 e. The third-order valence-corrected chi connectivity index (χ3v) is 13.0. The molecule has 1 N–H and O–H groups in total. The van der Waals surface area contributed by atoms with Crippen LogP contribution < -0.4 is 14.4 Å². The van der Waals surface area contributed by atoms with Gasteiger partial charge in [0.1, 0.15) is 5.75 Å². The number of anilines is 1. The Bertz CT molecular complexity index is 1640. The maximum atomic E-state index is 13.5. The Morgan fingerprint density at radius 1 is 1.13 bits per heavy atom. The Morgan fingerprint density at radius 3 is 2.72 bits per heavy atom.